The topological polar surface area (TPSA) is 114 Å². The van der Waals surface area contributed by atoms with Gasteiger partial charge in [-0.1, -0.05) is 23.4 Å². The summed E-state index contributed by atoms with van der Waals surface area (Å²) >= 11 is 0. The summed E-state index contributed by atoms with van der Waals surface area (Å²) < 4.78 is 49.4. The van der Waals surface area contributed by atoms with Gasteiger partial charge in [-0.15, -0.1) is 13.2 Å². The van der Waals surface area contributed by atoms with E-state index in [2.05, 4.69) is 14.9 Å². The molecule has 0 spiro atoms. The minimum absolute atomic E-state index is 0.0427. The average Bonchev–Trinajstić information content (AvgIpc) is 3.48. The Morgan fingerprint density at radius 1 is 1.26 bits per heavy atom. The average molecular weight is 468 g/mol. The van der Waals surface area contributed by atoms with Crippen molar-refractivity contribution in [2.24, 2.45) is 0 Å². The van der Waals surface area contributed by atoms with Gasteiger partial charge < -0.3 is 18.9 Å². The van der Waals surface area contributed by atoms with Crippen LogP contribution in [-0.2, 0) is 16.8 Å². The van der Waals surface area contributed by atoms with E-state index >= 15 is 0 Å². The minimum Gasteiger partial charge on any atom is -0.481 e. The fourth-order valence-electron chi connectivity index (χ4n) is 4.54. The quantitative estimate of drug-likeness (QED) is 0.454. The molecule has 8 nitrogen and oxygen atoms in total. The summed E-state index contributed by atoms with van der Waals surface area (Å²) in [6.45, 7) is 0.535. The molecule has 172 valence electrons. The lowest BCUT2D eigenvalue weighted by molar-refractivity contribution is -0.274. The van der Waals surface area contributed by atoms with Crippen molar-refractivity contribution in [3.05, 3.63) is 65.6 Å². The molecule has 0 saturated carbocycles. The van der Waals surface area contributed by atoms with E-state index in [1.165, 1.54) is 6.07 Å². The second kappa shape index (κ2) is 7.62. The third-order valence-corrected chi connectivity index (χ3v) is 5.89. The van der Waals surface area contributed by atoms with Crippen LogP contribution in [0, 0.1) is 11.3 Å². The van der Waals surface area contributed by atoms with Gasteiger partial charge in [-0.05, 0) is 42.1 Å². The molecule has 0 amide bonds. The number of para-hydroxylation sites is 1. The molecular formula is C23H15F3N4O4. The standard InChI is InChI=1S/C23H15F3N4O4/c24-23(25,26)33-16-8-13(12-27)7-15(9-16)20-28-21(29-34-20)22(11-19(31)32)5-6-30-17-4-2-1-3-14(17)10-18(22)30/h1-4,7-10H,5-6,11H2,(H,31,32). The lowest BCUT2D eigenvalue weighted by Crippen LogP contribution is -2.29. The monoisotopic (exact) mass is 468 g/mol. The zero-order valence-corrected chi connectivity index (χ0v) is 17.3. The summed E-state index contributed by atoms with van der Waals surface area (Å²) in [6.07, 6.45) is -4.85. The molecule has 11 heteroatoms. The highest BCUT2D eigenvalue weighted by atomic mass is 19.4. The number of rotatable bonds is 5. The fourth-order valence-corrected chi connectivity index (χ4v) is 4.54. The number of hydrogen-bond acceptors (Lipinski definition) is 6. The molecule has 3 heterocycles. The van der Waals surface area contributed by atoms with Crippen molar-refractivity contribution in [2.45, 2.75) is 31.2 Å². The van der Waals surface area contributed by atoms with Crippen LogP contribution in [0.25, 0.3) is 22.4 Å². The first-order valence-electron chi connectivity index (χ1n) is 10.1. The maximum absolute atomic E-state index is 12.7. The van der Waals surface area contributed by atoms with Gasteiger partial charge in [-0.25, -0.2) is 0 Å². The number of halogens is 3. The largest absolute Gasteiger partial charge is 0.573 e. The Bertz CT molecular complexity index is 1470. The zero-order chi connectivity index (χ0) is 24.1. The number of carboxylic acids is 1. The van der Waals surface area contributed by atoms with Crippen LogP contribution < -0.4 is 4.74 Å². The molecule has 1 atom stereocenters. The summed E-state index contributed by atoms with van der Waals surface area (Å²) in [5.74, 6) is -1.72. The molecule has 2 aromatic carbocycles. The van der Waals surface area contributed by atoms with Crippen molar-refractivity contribution in [3.8, 4) is 23.3 Å². The summed E-state index contributed by atoms with van der Waals surface area (Å²) in [4.78, 5) is 16.2. The third-order valence-electron chi connectivity index (χ3n) is 5.89. The summed E-state index contributed by atoms with van der Waals surface area (Å²) in [6, 6.07) is 14.6. The van der Waals surface area contributed by atoms with Crippen molar-refractivity contribution in [1.29, 1.82) is 5.26 Å². The molecule has 0 radical (unpaired) electrons. The third kappa shape index (κ3) is 3.63. The molecule has 0 bridgehead atoms. The van der Waals surface area contributed by atoms with E-state index < -0.39 is 23.5 Å². The molecule has 0 aliphatic carbocycles. The highest BCUT2D eigenvalue weighted by Gasteiger charge is 2.47. The Morgan fingerprint density at radius 2 is 2.06 bits per heavy atom. The van der Waals surface area contributed by atoms with Crippen LogP contribution in [0.4, 0.5) is 13.2 Å². The maximum Gasteiger partial charge on any atom is 0.573 e. The first kappa shape index (κ1) is 21.5. The van der Waals surface area contributed by atoms with E-state index in [0.717, 1.165) is 28.7 Å². The van der Waals surface area contributed by atoms with Crippen LogP contribution >= 0.6 is 0 Å². The number of carboxylic acid groups (broad SMARTS) is 1. The second-order valence-electron chi connectivity index (χ2n) is 7.97. The van der Waals surface area contributed by atoms with Gasteiger partial charge in [0.2, 0.25) is 0 Å². The van der Waals surface area contributed by atoms with Crippen molar-refractivity contribution >= 4 is 16.9 Å². The lowest BCUT2D eigenvalue weighted by atomic mass is 9.79. The molecule has 2 aromatic heterocycles. The summed E-state index contributed by atoms with van der Waals surface area (Å²) in [7, 11) is 0. The first-order valence-corrected chi connectivity index (χ1v) is 10.1. The van der Waals surface area contributed by atoms with Gasteiger partial charge in [-0.2, -0.15) is 10.2 Å². The Labute approximate surface area is 189 Å². The van der Waals surface area contributed by atoms with E-state index in [1.807, 2.05) is 34.9 Å². The van der Waals surface area contributed by atoms with Gasteiger partial charge in [0.15, 0.2) is 5.82 Å². The second-order valence-corrected chi connectivity index (χ2v) is 7.97. The van der Waals surface area contributed by atoms with Crippen molar-refractivity contribution in [3.63, 3.8) is 0 Å². The number of aliphatic carboxylic acids is 1. The predicted octanol–water partition coefficient (Wildman–Crippen LogP) is 4.63. The van der Waals surface area contributed by atoms with Crippen LogP contribution in [-0.4, -0.2) is 32.1 Å². The van der Waals surface area contributed by atoms with Gasteiger partial charge in [0.25, 0.3) is 5.89 Å². The first-order chi connectivity index (χ1) is 16.2. The van der Waals surface area contributed by atoms with Gasteiger partial charge >= 0.3 is 12.3 Å². The highest BCUT2D eigenvalue weighted by molar-refractivity contribution is 5.83. The van der Waals surface area contributed by atoms with Gasteiger partial charge in [0.1, 0.15) is 5.75 Å². The molecule has 1 aliphatic heterocycles. The van der Waals surface area contributed by atoms with Crippen LogP contribution in [0.15, 0.2) is 53.1 Å². The van der Waals surface area contributed by atoms with Crippen LogP contribution in [0.3, 0.4) is 0 Å². The van der Waals surface area contributed by atoms with Gasteiger partial charge in [0, 0.05) is 23.3 Å². The van der Waals surface area contributed by atoms with E-state index in [9.17, 15) is 28.3 Å². The molecular weight excluding hydrogens is 453 g/mol. The minimum atomic E-state index is -4.95. The smallest absolute Gasteiger partial charge is 0.481 e. The normalized spacial score (nSPS) is 17.5. The molecule has 4 aromatic rings. The van der Waals surface area contributed by atoms with Gasteiger partial charge in [0.05, 0.1) is 23.5 Å². The number of benzene rings is 2. The van der Waals surface area contributed by atoms with E-state index in [4.69, 9.17) is 4.52 Å². The van der Waals surface area contributed by atoms with E-state index in [0.29, 0.717) is 13.0 Å². The molecule has 1 N–H and O–H groups in total. The number of nitrogens with zero attached hydrogens (tertiary/aromatic N) is 4. The summed E-state index contributed by atoms with van der Waals surface area (Å²) in [5.41, 5.74) is 0.517. The van der Waals surface area contributed by atoms with E-state index in [1.54, 1.807) is 6.07 Å². The van der Waals surface area contributed by atoms with Crippen molar-refractivity contribution in [1.82, 2.24) is 14.7 Å². The van der Waals surface area contributed by atoms with E-state index in [-0.39, 0.29) is 29.3 Å². The molecule has 1 aliphatic rings. The Balaban J connectivity index is 1.61. The molecule has 5 rings (SSSR count). The van der Waals surface area contributed by atoms with Crippen molar-refractivity contribution < 1.29 is 32.3 Å². The van der Waals surface area contributed by atoms with Crippen LogP contribution in [0.5, 0.6) is 5.75 Å². The number of ether oxygens (including phenoxy) is 1. The Morgan fingerprint density at radius 3 is 2.79 bits per heavy atom. The number of nitriles is 1. The number of carbonyl (C=O) groups is 1. The SMILES string of the molecule is N#Cc1cc(OC(F)(F)F)cc(-c2nc(C3(CC(=O)O)CCn4c3cc3ccccc34)no2)c1. The number of hydrogen-bond donors (Lipinski definition) is 1. The Kier molecular flexibility index (Phi) is 4.82. The molecule has 0 saturated heterocycles. The van der Waals surface area contributed by atoms with Crippen molar-refractivity contribution in [2.75, 3.05) is 0 Å². The zero-order valence-electron chi connectivity index (χ0n) is 17.3. The predicted molar refractivity (Wildman–Crippen MR) is 111 cm³/mol. The van der Waals surface area contributed by atoms with Gasteiger partial charge in [-0.3, -0.25) is 4.79 Å². The molecule has 1 unspecified atom stereocenters. The maximum atomic E-state index is 12.7. The number of fused-ring (bicyclic) bond motifs is 3. The summed E-state index contributed by atoms with van der Waals surface area (Å²) in [5, 5.41) is 23.8. The highest BCUT2D eigenvalue weighted by Crippen LogP contribution is 2.46. The lowest BCUT2D eigenvalue weighted by Gasteiger charge is -2.22. The molecule has 34 heavy (non-hydrogen) atoms. The molecule has 0 fully saturated rings. The number of aromatic nitrogens is 3. The van der Waals surface area contributed by atoms with Crippen LogP contribution in [0.2, 0.25) is 0 Å². The number of aryl methyl sites for hydroxylation is 1. The Hall–Kier alpha value is -4.33. The number of alkyl halides is 3. The fraction of sp³-hybridized carbons (Fsp3) is 0.217. The van der Waals surface area contributed by atoms with Crippen LogP contribution in [0.1, 0.15) is 29.9 Å².